The molecule has 0 aliphatic carbocycles. The van der Waals surface area contributed by atoms with E-state index in [-0.39, 0.29) is 17.8 Å². The Bertz CT molecular complexity index is 768. The van der Waals surface area contributed by atoms with E-state index in [9.17, 15) is 5.11 Å². The van der Waals surface area contributed by atoms with Gasteiger partial charge in [0.25, 0.3) is 0 Å². The number of ether oxygens (including phenoxy) is 2. The number of halogens is 1. The normalized spacial score (nSPS) is 21.5. The SMILES string of the molecule is CCOc1ccc(Cc2cc(C3CC(O)CC(CC)(CC)O3)ccc2Cl)cc1. The smallest absolute Gasteiger partial charge is 0.119 e. The first kappa shape index (κ1) is 21.2. The van der Waals surface area contributed by atoms with Crippen molar-refractivity contribution in [2.24, 2.45) is 0 Å². The molecule has 0 bridgehead atoms. The minimum absolute atomic E-state index is 0.0972. The van der Waals surface area contributed by atoms with Gasteiger partial charge in [0.2, 0.25) is 0 Å². The average Bonchev–Trinajstić information content (AvgIpc) is 2.70. The van der Waals surface area contributed by atoms with Crippen molar-refractivity contribution in [3.8, 4) is 5.75 Å². The summed E-state index contributed by atoms with van der Waals surface area (Å²) >= 11 is 6.49. The molecule has 1 aliphatic rings. The maximum Gasteiger partial charge on any atom is 0.119 e. The zero-order chi connectivity index (χ0) is 20.1. The second-order valence-electron chi connectivity index (χ2n) is 7.69. The van der Waals surface area contributed by atoms with Crippen molar-refractivity contribution < 1.29 is 14.6 Å². The molecule has 152 valence electrons. The van der Waals surface area contributed by atoms with E-state index in [1.54, 1.807) is 0 Å². The summed E-state index contributed by atoms with van der Waals surface area (Å²) in [7, 11) is 0. The molecule has 0 aromatic heterocycles. The number of hydrogen-bond donors (Lipinski definition) is 1. The first-order valence-electron chi connectivity index (χ1n) is 10.3. The van der Waals surface area contributed by atoms with Crippen LogP contribution in [0.2, 0.25) is 5.02 Å². The summed E-state index contributed by atoms with van der Waals surface area (Å²) in [6, 6.07) is 14.3. The second-order valence-corrected chi connectivity index (χ2v) is 8.10. The molecule has 1 saturated heterocycles. The van der Waals surface area contributed by atoms with E-state index in [4.69, 9.17) is 21.1 Å². The molecule has 1 heterocycles. The first-order chi connectivity index (χ1) is 13.5. The maximum absolute atomic E-state index is 10.4. The molecule has 28 heavy (non-hydrogen) atoms. The first-order valence-corrected chi connectivity index (χ1v) is 10.7. The van der Waals surface area contributed by atoms with Gasteiger partial charge in [-0.05, 0) is 61.1 Å². The Kier molecular flexibility index (Phi) is 7.03. The maximum atomic E-state index is 10.4. The van der Waals surface area contributed by atoms with E-state index in [1.807, 2.05) is 31.2 Å². The fraction of sp³-hybridized carbons (Fsp3) is 0.500. The second kappa shape index (κ2) is 9.30. The Balaban J connectivity index is 1.80. The van der Waals surface area contributed by atoms with Crippen LogP contribution in [0.4, 0.5) is 0 Å². The van der Waals surface area contributed by atoms with Crippen molar-refractivity contribution in [3.63, 3.8) is 0 Å². The van der Waals surface area contributed by atoms with Gasteiger partial charge in [0.15, 0.2) is 0 Å². The summed E-state index contributed by atoms with van der Waals surface area (Å²) in [5, 5.41) is 11.2. The Morgan fingerprint density at radius 2 is 1.82 bits per heavy atom. The molecular formula is C24H31ClO3. The Morgan fingerprint density at radius 1 is 1.11 bits per heavy atom. The Morgan fingerprint density at radius 3 is 2.46 bits per heavy atom. The zero-order valence-corrected chi connectivity index (χ0v) is 17.8. The van der Waals surface area contributed by atoms with Crippen molar-refractivity contribution >= 4 is 11.6 Å². The van der Waals surface area contributed by atoms with Crippen LogP contribution in [0.5, 0.6) is 5.75 Å². The van der Waals surface area contributed by atoms with Gasteiger partial charge < -0.3 is 14.6 Å². The molecule has 1 N–H and O–H groups in total. The summed E-state index contributed by atoms with van der Waals surface area (Å²) in [6.45, 7) is 6.92. The predicted octanol–water partition coefficient (Wildman–Crippen LogP) is 6.10. The molecule has 1 aliphatic heterocycles. The fourth-order valence-electron chi connectivity index (χ4n) is 4.09. The van der Waals surface area contributed by atoms with Gasteiger partial charge in [-0.2, -0.15) is 0 Å². The molecular weight excluding hydrogens is 372 g/mol. The van der Waals surface area contributed by atoms with Gasteiger partial charge in [0.05, 0.1) is 24.4 Å². The van der Waals surface area contributed by atoms with Gasteiger partial charge in [0, 0.05) is 17.9 Å². The number of aliphatic hydroxyl groups is 1. The minimum atomic E-state index is -0.330. The molecule has 2 atom stereocenters. The highest BCUT2D eigenvalue weighted by Gasteiger charge is 2.39. The third-order valence-electron chi connectivity index (χ3n) is 5.85. The predicted molar refractivity (Wildman–Crippen MR) is 114 cm³/mol. The van der Waals surface area contributed by atoms with E-state index in [2.05, 4.69) is 32.0 Å². The summed E-state index contributed by atoms with van der Waals surface area (Å²) < 4.78 is 12.0. The quantitative estimate of drug-likeness (QED) is 0.608. The van der Waals surface area contributed by atoms with Gasteiger partial charge in [-0.15, -0.1) is 0 Å². The lowest BCUT2D eigenvalue weighted by Gasteiger charge is -2.43. The number of rotatable bonds is 7. The molecule has 2 unspecified atom stereocenters. The van der Waals surface area contributed by atoms with Crippen LogP contribution < -0.4 is 4.74 Å². The zero-order valence-electron chi connectivity index (χ0n) is 17.1. The highest BCUT2D eigenvalue weighted by atomic mass is 35.5. The third kappa shape index (κ3) is 4.89. The third-order valence-corrected chi connectivity index (χ3v) is 6.21. The topological polar surface area (TPSA) is 38.7 Å². The summed E-state index contributed by atoms with van der Waals surface area (Å²) in [5.41, 5.74) is 3.11. The van der Waals surface area contributed by atoms with Crippen molar-refractivity contribution in [2.45, 2.75) is 70.7 Å². The van der Waals surface area contributed by atoms with Crippen molar-refractivity contribution in [1.82, 2.24) is 0 Å². The van der Waals surface area contributed by atoms with Gasteiger partial charge in [-0.1, -0.05) is 49.7 Å². The average molecular weight is 403 g/mol. The van der Waals surface area contributed by atoms with Crippen molar-refractivity contribution in [1.29, 1.82) is 0 Å². The molecule has 2 aromatic carbocycles. The highest BCUT2D eigenvalue weighted by Crippen LogP contribution is 2.41. The van der Waals surface area contributed by atoms with Crippen LogP contribution in [0.3, 0.4) is 0 Å². The van der Waals surface area contributed by atoms with E-state index in [1.165, 1.54) is 5.56 Å². The van der Waals surface area contributed by atoms with Gasteiger partial charge in [0.1, 0.15) is 5.75 Å². The van der Waals surface area contributed by atoms with E-state index in [0.29, 0.717) is 19.4 Å². The number of benzene rings is 2. The van der Waals surface area contributed by atoms with Crippen LogP contribution in [0.1, 0.15) is 69.2 Å². The van der Waals surface area contributed by atoms with Crippen LogP contribution in [-0.4, -0.2) is 23.4 Å². The van der Waals surface area contributed by atoms with E-state index >= 15 is 0 Å². The molecule has 1 fully saturated rings. The van der Waals surface area contributed by atoms with Crippen LogP contribution >= 0.6 is 11.6 Å². The lowest BCUT2D eigenvalue weighted by molar-refractivity contribution is -0.167. The molecule has 3 nitrogen and oxygen atoms in total. The van der Waals surface area contributed by atoms with Gasteiger partial charge >= 0.3 is 0 Å². The summed E-state index contributed by atoms with van der Waals surface area (Å²) in [4.78, 5) is 0. The highest BCUT2D eigenvalue weighted by molar-refractivity contribution is 6.31. The molecule has 3 rings (SSSR count). The lowest BCUT2D eigenvalue weighted by atomic mass is 9.83. The summed E-state index contributed by atoms with van der Waals surface area (Å²) in [5.74, 6) is 0.881. The molecule has 0 radical (unpaired) electrons. The monoisotopic (exact) mass is 402 g/mol. The standard InChI is InChI=1S/C24H31ClO3/c1-4-24(5-2)16-20(26)15-23(28-24)18-9-12-22(25)19(14-18)13-17-7-10-21(11-8-17)27-6-3/h7-12,14,20,23,26H,4-6,13,15-16H2,1-3H3. The van der Waals surface area contributed by atoms with Crippen LogP contribution in [-0.2, 0) is 11.2 Å². The Labute approximate surface area is 173 Å². The van der Waals surface area contributed by atoms with Crippen LogP contribution in [0.25, 0.3) is 0 Å². The minimum Gasteiger partial charge on any atom is -0.494 e. The van der Waals surface area contributed by atoms with Gasteiger partial charge in [-0.25, -0.2) is 0 Å². The van der Waals surface area contributed by atoms with E-state index in [0.717, 1.165) is 41.2 Å². The fourth-order valence-corrected chi connectivity index (χ4v) is 4.27. The Hall–Kier alpha value is -1.55. The van der Waals surface area contributed by atoms with E-state index < -0.39 is 0 Å². The lowest BCUT2D eigenvalue weighted by Crippen LogP contribution is -2.42. The van der Waals surface area contributed by atoms with Crippen LogP contribution in [0, 0.1) is 0 Å². The largest absolute Gasteiger partial charge is 0.494 e. The molecule has 0 amide bonds. The van der Waals surface area contributed by atoms with Crippen LogP contribution in [0.15, 0.2) is 42.5 Å². The number of aliphatic hydroxyl groups excluding tert-OH is 1. The number of hydrogen-bond acceptors (Lipinski definition) is 3. The molecule has 4 heteroatoms. The van der Waals surface area contributed by atoms with Gasteiger partial charge in [-0.3, -0.25) is 0 Å². The molecule has 0 saturated carbocycles. The molecule has 0 spiro atoms. The molecule has 2 aromatic rings. The van der Waals surface area contributed by atoms with Crippen molar-refractivity contribution in [3.05, 3.63) is 64.2 Å². The van der Waals surface area contributed by atoms with Crippen molar-refractivity contribution in [2.75, 3.05) is 6.61 Å². The summed E-state index contributed by atoms with van der Waals surface area (Å²) in [6.07, 6.45) is 3.48.